The first kappa shape index (κ1) is 21.6. The van der Waals surface area contributed by atoms with Crippen LogP contribution in [-0.4, -0.2) is 64.3 Å². The maximum Gasteiger partial charge on any atom is 0.408 e. The first-order valence-electron chi connectivity index (χ1n) is 7.56. The van der Waals surface area contributed by atoms with Gasteiger partial charge in [0, 0.05) is 25.7 Å². The molecule has 0 aliphatic heterocycles. The molecule has 8 nitrogen and oxygen atoms in total. The average molecular weight is 339 g/mol. The molecule has 8 heteroatoms. The van der Waals surface area contributed by atoms with Gasteiger partial charge in [0.05, 0.1) is 26.4 Å². The number of alkyl carbamates (subject to hydrolysis) is 1. The molecule has 3 N–H and O–H groups in total. The summed E-state index contributed by atoms with van der Waals surface area (Å²) >= 11 is 0. The van der Waals surface area contributed by atoms with Crippen LogP contribution >= 0.6 is 0 Å². The number of carbonyl (C=O) groups excluding carboxylic acids is 2. The summed E-state index contributed by atoms with van der Waals surface area (Å²) in [5.41, 5.74) is 0.745. The molecule has 0 fully saturated rings. The Hall–Kier alpha value is -2.37. The van der Waals surface area contributed by atoms with Gasteiger partial charge in [-0.1, -0.05) is 12.0 Å². The number of amides is 2. The van der Waals surface area contributed by atoms with Gasteiger partial charge in [-0.2, -0.15) is 0 Å². The van der Waals surface area contributed by atoms with Crippen LogP contribution in [0.15, 0.2) is 11.6 Å². The molecule has 0 aromatic rings. The second-order valence-corrected chi connectivity index (χ2v) is 4.47. The molecule has 0 spiro atoms. The molecule has 134 valence electrons. The summed E-state index contributed by atoms with van der Waals surface area (Å²) in [5, 5.41) is 12.3. The minimum Gasteiger partial charge on any atom is -0.436 e. The lowest BCUT2D eigenvalue weighted by atomic mass is 10.2. The van der Waals surface area contributed by atoms with E-state index in [-0.39, 0.29) is 18.9 Å². The van der Waals surface area contributed by atoms with Crippen molar-refractivity contribution < 1.29 is 23.8 Å². The molecule has 0 saturated heterocycles. The third-order valence-corrected chi connectivity index (χ3v) is 2.69. The fourth-order valence-corrected chi connectivity index (χ4v) is 1.40. The van der Waals surface area contributed by atoms with E-state index in [1.807, 2.05) is 6.92 Å². The zero-order valence-electron chi connectivity index (χ0n) is 13.9. The normalized spacial score (nSPS) is 10.6. The standard InChI is InChI=1S/C16H25N3O5/c1-3-7-24-16(21)18-6-9-23-11-10-22-8-5-15(20)19-13-14(4-2)12-17/h1,4,12,17H,5-11,13H2,2H3,(H,18,21)(H,19,20)/b14-4+,17-12?. The smallest absolute Gasteiger partial charge is 0.408 e. The van der Waals surface area contributed by atoms with Gasteiger partial charge >= 0.3 is 6.09 Å². The number of terminal acetylenes is 1. The Morgan fingerprint density at radius 2 is 1.88 bits per heavy atom. The van der Waals surface area contributed by atoms with Crippen molar-refractivity contribution in [3.63, 3.8) is 0 Å². The number of allylic oxidation sites excluding steroid dienone is 1. The molecule has 2 amide bonds. The molecule has 0 aliphatic rings. The van der Waals surface area contributed by atoms with Crippen LogP contribution in [0, 0.1) is 17.8 Å². The van der Waals surface area contributed by atoms with Gasteiger partial charge in [0.15, 0.2) is 6.61 Å². The lowest BCUT2D eigenvalue weighted by Gasteiger charge is -2.08. The molecule has 0 unspecified atom stereocenters. The van der Waals surface area contributed by atoms with Gasteiger partial charge in [0.2, 0.25) is 5.91 Å². The number of carbonyl (C=O) groups is 2. The van der Waals surface area contributed by atoms with E-state index in [1.165, 1.54) is 6.21 Å². The van der Waals surface area contributed by atoms with Crippen LogP contribution in [0.2, 0.25) is 0 Å². The largest absolute Gasteiger partial charge is 0.436 e. The van der Waals surface area contributed by atoms with E-state index in [1.54, 1.807) is 6.08 Å². The Labute approximate surface area is 142 Å². The van der Waals surface area contributed by atoms with Crippen LogP contribution in [0.1, 0.15) is 13.3 Å². The van der Waals surface area contributed by atoms with Crippen molar-refractivity contribution in [2.24, 2.45) is 0 Å². The van der Waals surface area contributed by atoms with E-state index in [0.29, 0.717) is 39.5 Å². The molecule has 0 rings (SSSR count). The first-order valence-corrected chi connectivity index (χ1v) is 7.56. The second kappa shape index (κ2) is 15.5. The van der Waals surface area contributed by atoms with E-state index in [2.05, 4.69) is 21.3 Å². The van der Waals surface area contributed by atoms with Gasteiger partial charge in [-0.3, -0.25) is 4.79 Å². The third kappa shape index (κ3) is 13.3. The molecule has 0 saturated carbocycles. The summed E-state index contributed by atoms with van der Waals surface area (Å²) in [6.07, 6.45) is 7.58. The average Bonchev–Trinajstić information content (AvgIpc) is 2.59. The fraction of sp³-hybridized carbons (Fsp3) is 0.562. The van der Waals surface area contributed by atoms with E-state index in [4.69, 9.17) is 21.3 Å². The minimum absolute atomic E-state index is 0.0640. The van der Waals surface area contributed by atoms with Crippen LogP contribution in [0.25, 0.3) is 0 Å². The molecule has 0 heterocycles. The predicted molar refractivity (Wildman–Crippen MR) is 90.0 cm³/mol. The van der Waals surface area contributed by atoms with Crippen LogP contribution in [0.5, 0.6) is 0 Å². The predicted octanol–water partition coefficient (Wildman–Crippen LogP) is 0.481. The summed E-state index contributed by atoms with van der Waals surface area (Å²) in [6, 6.07) is 0. The molecule has 0 atom stereocenters. The van der Waals surface area contributed by atoms with E-state index in [0.717, 1.165) is 5.57 Å². The summed E-state index contributed by atoms with van der Waals surface area (Å²) in [7, 11) is 0. The number of nitrogens with one attached hydrogen (secondary N) is 3. The fourth-order valence-electron chi connectivity index (χ4n) is 1.40. The number of rotatable bonds is 13. The topological polar surface area (TPSA) is 110 Å². The Balaban J connectivity index is 3.39. The number of ether oxygens (including phenoxy) is 3. The highest BCUT2D eigenvalue weighted by atomic mass is 16.5. The van der Waals surface area contributed by atoms with Crippen molar-refractivity contribution in [3.05, 3.63) is 11.6 Å². The quantitative estimate of drug-likeness (QED) is 0.257. The van der Waals surface area contributed by atoms with Gasteiger partial charge in [0.25, 0.3) is 0 Å². The highest BCUT2D eigenvalue weighted by Crippen LogP contribution is 1.89. The molecule has 0 radical (unpaired) electrons. The molecule has 0 aliphatic carbocycles. The molecular weight excluding hydrogens is 314 g/mol. The van der Waals surface area contributed by atoms with E-state index >= 15 is 0 Å². The molecule has 24 heavy (non-hydrogen) atoms. The van der Waals surface area contributed by atoms with Crippen molar-refractivity contribution in [3.8, 4) is 12.3 Å². The molecule has 0 bridgehead atoms. The van der Waals surface area contributed by atoms with Crippen LogP contribution in [0.3, 0.4) is 0 Å². The zero-order chi connectivity index (χ0) is 18.0. The van der Waals surface area contributed by atoms with Crippen molar-refractivity contribution in [1.29, 1.82) is 5.41 Å². The maximum atomic E-state index is 11.5. The summed E-state index contributed by atoms with van der Waals surface area (Å²) in [5.74, 6) is 2.05. The van der Waals surface area contributed by atoms with Gasteiger partial charge in [-0.25, -0.2) is 4.79 Å². The highest BCUT2D eigenvalue weighted by molar-refractivity contribution is 5.80. The molecule has 0 aromatic carbocycles. The lowest BCUT2D eigenvalue weighted by molar-refractivity contribution is -0.122. The maximum absolute atomic E-state index is 11.5. The summed E-state index contributed by atoms with van der Waals surface area (Å²) < 4.78 is 15.1. The molecular formula is C16H25N3O5. The minimum atomic E-state index is -0.581. The second-order valence-electron chi connectivity index (χ2n) is 4.47. The number of hydrogen-bond donors (Lipinski definition) is 3. The van der Waals surface area contributed by atoms with Gasteiger partial charge < -0.3 is 30.3 Å². The SMILES string of the molecule is C#CCOC(=O)NCCOCCOCCC(=O)NC/C(C=N)=C/C. The van der Waals surface area contributed by atoms with Gasteiger partial charge in [0.1, 0.15) is 0 Å². The van der Waals surface area contributed by atoms with Crippen molar-refractivity contribution in [2.75, 3.05) is 46.1 Å². The third-order valence-electron chi connectivity index (χ3n) is 2.69. The van der Waals surface area contributed by atoms with E-state index in [9.17, 15) is 9.59 Å². The highest BCUT2D eigenvalue weighted by Gasteiger charge is 2.02. The van der Waals surface area contributed by atoms with Crippen LogP contribution < -0.4 is 10.6 Å². The summed E-state index contributed by atoms with van der Waals surface area (Å²) in [6.45, 7) is 3.74. The Kier molecular flexibility index (Phi) is 14.0. The van der Waals surface area contributed by atoms with E-state index < -0.39 is 6.09 Å². The van der Waals surface area contributed by atoms with Crippen molar-refractivity contribution in [2.45, 2.75) is 13.3 Å². The first-order chi connectivity index (χ1) is 11.6. The Morgan fingerprint density at radius 3 is 2.50 bits per heavy atom. The summed E-state index contributed by atoms with van der Waals surface area (Å²) in [4.78, 5) is 22.5. The Bertz CT molecular complexity index is 457. The van der Waals surface area contributed by atoms with Crippen LogP contribution in [-0.2, 0) is 19.0 Å². The number of hydrogen-bond acceptors (Lipinski definition) is 6. The monoisotopic (exact) mass is 339 g/mol. The lowest BCUT2D eigenvalue weighted by Crippen LogP contribution is -2.28. The van der Waals surface area contributed by atoms with Crippen LogP contribution in [0.4, 0.5) is 4.79 Å². The van der Waals surface area contributed by atoms with Crippen molar-refractivity contribution >= 4 is 18.2 Å². The van der Waals surface area contributed by atoms with Crippen molar-refractivity contribution in [1.82, 2.24) is 10.6 Å². The van der Waals surface area contributed by atoms with Gasteiger partial charge in [-0.15, -0.1) is 6.42 Å². The molecule has 0 aromatic heterocycles. The Morgan fingerprint density at radius 1 is 1.17 bits per heavy atom. The van der Waals surface area contributed by atoms with Gasteiger partial charge in [-0.05, 0) is 12.5 Å². The zero-order valence-corrected chi connectivity index (χ0v) is 13.9.